The molecule has 25 heavy (non-hydrogen) atoms. The number of rotatable bonds is 5. The Morgan fingerprint density at radius 3 is 2.36 bits per heavy atom. The van der Waals surface area contributed by atoms with E-state index in [1.165, 1.54) is 0 Å². The van der Waals surface area contributed by atoms with Crippen LogP contribution in [0.3, 0.4) is 0 Å². The minimum atomic E-state index is -1.00. The summed E-state index contributed by atoms with van der Waals surface area (Å²) in [4.78, 5) is 25.8. The maximum atomic E-state index is 11.1. The first kappa shape index (κ1) is 16.9. The van der Waals surface area contributed by atoms with Crippen LogP contribution < -0.4 is 4.90 Å². The second-order valence-electron chi connectivity index (χ2n) is 5.53. The molecule has 0 bridgehead atoms. The summed E-state index contributed by atoms with van der Waals surface area (Å²) in [6.07, 6.45) is 2.90. The Balaban J connectivity index is 2.03. The highest BCUT2D eigenvalue weighted by Gasteiger charge is 2.19. The molecular weight excluding hydrogens is 344 g/mol. The quantitative estimate of drug-likeness (QED) is 0.748. The van der Waals surface area contributed by atoms with Crippen molar-refractivity contribution in [1.82, 2.24) is 15.0 Å². The van der Waals surface area contributed by atoms with Gasteiger partial charge in [0.15, 0.2) is 0 Å². The molecule has 128 valence electrons. The van der Waals surface area contributed by atoms with Crippen LogP contribution in [-0.4, -0.2) is 40.1 Å². The highest BCUT2D eigenvalue weighted by Crippen LogP contribution is 2.30. The first-order valence-electron chi connectivity index (χ1n) is 7.41. The Kier molecular flexibility index (Phi) is 4.67. The van der Waals surface area contributed by atoms with Gasteiger partial charge in [-0.05, 0) is 12.1 Å². The molecule has 0 aliphatic heterocycles. The van der Waals surface area contributed by atoms with Crippen molar-refractivity contribution in [1.29, 1.82) is 0 Å². The predicted octanol–water partition coefficient (Wildman–Crippen LogP) is 3.15. The molecule has 0 unspecified atom stereocenters. The fraction of sp³-hybridized carbons (Fsp3) is 0.176. The highest BCUT2D eigenvalue weighted by atomic mass is 35.5. The van der Waals surface area contributed by atoms with Crippen molar-refractivity contribution in [2.24, 2.45) is 0 Å². The first-order chi connectivity index (χ1) is 11.9. The molecular formula is C17H15ClN4O3. The normalized spacial score (nSPS) is 10.7. The maximum Gasteiger partial charge on any atom is 0.311 e. The number of carboxylic acids is 1. The van der Waals surface area contributed by atoms with E-state index < -0.39 is 5.97 Å². The third kappa shape index (κ3) is 3.77. The van der Waals surface area contributed by atoms with Crippen LogP contribution in [0.5, 0.6) is 0 Å². The molecule has 1 aromatic carbocycles. The molecule has 3 rings (SSSR count). The zero-order valence-corrected chi connectivity index (χ0v) is 14.4. The van der Waals surface area contributed by atoms with Gasteiger partial charge in [-0.2, -0.15) is 0 Å². The van der Waals surface area contributed by atoms with Crippen molar-refractivity contribution in [2.75, 3.05) is 19.0 Å². The summed E-state index contributed by atoms with van der Waals surface area (Å²) >= 11 is 5.91. The maximum absolute atomic E-state index is 11.1. The van der Waals surface area contributed by atoms with Crippen molar-refractivity contribution in [3.05, 3.63) is 47.4 Å². The molecule has 2 heterocycles. The number of aliphatic carboxylic acids is 1. The fourth-order valence-corrected chi connectivity index (χ4v) is 2.35. The molecule has 8 heteroatoms. The van der Waals surface area contributed by atoms with E-state index in [-0.39, 0.29) is 18.1 Å². The zero-order valence-electron chi connectivity index (χ0n) is 13.6. The summed E-state index contributed by atoms with van der Waals surface area (Å²) in [7, 11) is 3.67. The largest absolute Gasteiger partial charge is 0.481 e. The van der Waals surface area contributed by atoms with Gasteiger partial charge < -0.3 is 14.4 Å². The van der Waals surface area contributed by atoms with Crippen LogP contribution in [-0.2, 0) is 11.2 Å². The van der Waals surface area contributed by atoms with Gasteiger partial charge in [-0.3, -0.25) is 4.79 Å². The SMILES string of the molecule is CN(C)c1ncc(-c2nc(-c3ccc(Cl)cc3)c(CC(=O)O)o2)cn1. The molecule has 1 N–H and O–H groups in total. The van der Waals surface area contributed by atoms with Crippen LogP contribution in [0, 0.1) is 0 Å². The smallest absolute Gasteiger partial charge is 0.311 e. The van der Waals surface area contributed by atoms with Crippen LogP contribution in [0.2, 0.25) is 5.02 Å². The molecule has 0 radical (unpaired) electrons. The van der Waals surface area contributed by atoms with Gasteiger partial charge >= 0.3 is 5.97 Å². The number of nitrogens with zero attached hydrogens (tertiary/aromatic N) is 4. The summed E-state index contributed by atoms with van der Waals surface area (Å²) < 4.78 is 5.68. The number of aromatic nitrogens is 3. The Hall–Kier alpha value is -2.93. The van der Waals surface area contributed by atoms with E-state index in [0.29, 0.717) is 22.2 Å². The third-order valence-corrected chi connectivity index (χ3v) is 3.66. The number of halogens is 1. The van der Waals surface area contributed by atoms with E-state index in [1.54, 1.807) is 41.6 Å². The van der Waals surface area contributed by atoms with E-state index in [2.05, 4.69) is 15.0 Å². The minimum absolute atomic E-state index is 0.265. The van der Waals surface area contributed by atoms with Crippen LogP contribution in [0.4, 0.5) is 5.95 Å². The molecule has 0 saturated heterocycles. The van der Waals surface area contributed by atoms with Crippen molar-refractivity contribution in [3.63, 3.8) is 0 Å². The summed E-state index contributed by atoms with van der Waals surface area (Å²) in [6.45, 7) is 0. The van der Waals surface area contributed by atoms with E-state index in [9.17, 15) is 4.79 Å². The highest BCUT2D eigenvalue weighted by molar-refractivity contribution is 6.30. The van der Waals surface area contributed by atoms with Crippen molar-refractivity contribution in [3.8, 4) is 22.7 Å². The van der Waals surface area contributed by atoms with Crippen LogP contribution in [0.15, 0.2) is 41.1 Å². The molecule has 0 amide bonds. The molecule has 7 nitrogen and oxygen atoms in total. The number of carbonyl (C=O) groups is 1. The number of hydrogen-bond donors (Lipinski definition) is 1. The number of oxazole rings is 1. The first-order valence-corrected chi connectivity index (χ1v) is 7.79. The Labute approximate surface area is 148 Å². The van der Waals surface area contributed by atoms with E-state index in [4.69, 9.17) is 21.1 Å². The second kappa shape index (κ2) is 6.90. The molecule has 0 atom stereocenters. The Morgan fingerprint density at radius 1 is 1.16 bits per heavy atom. The van der Waals surface area contributed by atoms with Crippen molar-refractivity contribution in [2.45, 2.75) is 6.42 Å². The lowest BCUT2D eigenvalue weighted by atomic mass is 10.1. The van der Waals surface area contributed by atoms with Crippen molar-refractivity contribution < 1.29 is 14.3 Å². The van der Waals surface area contributed by atoms with Crippen molar-refractivity contribution >= 4 is 23.5 Å². The van der Waals surface area contributed by atoms with Crippen LogP contribution in [0.25, 0.3) is 22.7 Å². The summed E-state index contributed by atoms with van der Waals surface area (Å²) in [5.41, 5.74) is 1.75. The van der Waals surface area contributed by atoms with Gasteiger partial charge in [-0.15, -0.1) is 0 Å². The number of anilines is 1. The van der Waals surface area contributed by atoms with E-state index in [1.807, 2.05) is 14.1 Å². The molecule has 0 saturated carbocycles. The van der Waals surface area contributed by atoms with Gasteiger partial charge in [0.25, 0.3) is 0 Å². The lowest BCUT2D eigenvalue weighted by molar-refractivity contribution is -0.136. The molecule has 0 aliphatic carbocycles. The van der Waals surface area contributed by atoms with Gasteiger partial charge in [-0.25, -0.2) is 15.0 Å². The lowest BCUT2D eigenvalue weighted by Crippen LogP contribution is -2.12. The summed E-state index contributed by atoms with van der Waals surface area (Å²) in [5, 5.41) is 9.70. The van der Waals surface area contributed by atoms with E-state index >= 15 is 0 Å². The van der Waals surface area contributed by atoms with Gasteiger partial charge in [0.1, 0.15) is 17.9 Å². The van der Waals surface area contributed by atoms with Gasteiger partial charge in [-0.1, -0.05) is 23.7 Å². The Morgan fingerprint density at radius 2 is 1.80 bits per heavy atom. The zero-order chi connectivity index (χ0) is 18.0. The predicted molar refractivity (Wildman–Crippen MR) is 93.6 cm³/mol. The van der Waals surface area contributed by atoms with Crippen LogP contribution >= 0.6 is 11.6 Å². The monoisotopic (exact) mass is 358 g/mol. The fourth-order valence-electron chi connectivity index (χ4n) is 2.23. The molecule has 0 aliphatic rings. The number of benzene rings is 1. The standard InChI is InChI=1S/C17H15ClN4O3/c1-22(2)17-19-8-11(9-20-17)16-21-15(13(25-16)7-14(23)24)10-3-5-12(18)6-4-10/h3-6,8-9H,7H2,1-2H3,(H,23,24). The Bertz CT molecular complexity index is 889. The number of hydrogen-bond acceptors (Lipinski definition) is 6. The van der Waals surface area contributed by atoms with Gasteiger partial charge in [0.05, 0.1) is 5.56 Å². The average molecular weight is 359 g/mol. The van der Waals surface area contributed by atoms with E-state index in [0.717, 1.165) is 5.56 Å². The summed E-state index contributed by atoms with van der Waals surface area (Å²) in [6, 6.07) is 6.96. The molecule has 0 fully saturated rings. The van der Waals surface area contributed by atoms with Crippen LogP contribution in [0.1, 0.15) is 5.76 Å². The molecule has 3 aromatic rings. The number of carboxylic acid groups (broad SMARTS) is 1. The molecule has 0 spiro atoms. The average Bonchev–Trinajstić information content (AvgIpc) is 2.98. The topological polar surface area (TPSA) is 92.4 Å². The minimum Gasteiger partial charge on any atom is -0.481 e. The molecule has 2 aromatic heterocycles. The summed E-state index contributed by atoms with van der Waals surface area (Å²) in [5.74, 6) is 0.0872. The second-order valence-corrected chi connectivity index (χ2v) is 5.97. The lowest BCUT2D eigenvalue weighted by Gasteiger charge is -2.08. The van der Waals surface area contributed by atoms with Gasteiger partial charge in [0, 0.05) is 37.1 Å². The third-order valence-electron chi connectivity index (χ3n) is 3.41. The van der Waals surface area contributed by atoms with Gasteiger partial charge in [0.2, 0.25) is 11.8 Å².